The molecule has 0 aliphatic carbocycles. The number of hydrogen-bond donors (Lipinski definition) is 2. The van der Waals surface area contributed by atoms with Gasteiger partial charge in [0.25, 0.3) is 0 Å². The predicted octanol–water partition coefficient (Wildman–Crippen LogP) is 2.41. The number of rotatable bonds is 1. The lowest BCUT2D eigenvalue weighted by Crippen LogP contribution is -1.98. The molecule has 0 saturated carbocycles. The Morgan fingerprint density at radius 3 is 2.81 bits per heavy atom. The fraction of sp³-hybridized carbons (Fsp3) is 0. The number of carbonyl (C=O) groups is 1. The molecule has 16 heavy (non-hydrogen) atoms. The van der Waals surface area contributed by atoms with Gasteiger partial charge in [-0.05, 0) is 12.1 Å². The second-order valence-corrected chi connectivity index (χ2v) is 3.59. The Balaban J connectivity index is 2.41. The van der Waals surface area contributed by atoms with E-state index < -0.39 is 5.97 Å². The maximum Gasteiger partial charge on any atom is 0.354 e. The number of nitrogens with zero attached hydrogens (tertiary/aromatic N) is 1. The van der Waals surface area contributed by atoms with E-state index in [0.29, 0.717) is 0 Å². The Morgan fingerprint density at radius 1 is 1.19 bits per heavy atom. The standard InChI is InChI=1S/C12H8N2O2/c15-12(16)11-5-10-8(6-13-11)7-3-1-2-4-9(7)14-10/h1-6,14H,(H,15,16). The Bertz CT molecular complexity index is 700. The number of aromatic carboxylic acids is 1. The number of aromatic nitrogens is 2. The zero-order valence-corrected chi connectivity index (χ0v) is 8.27. The largest absolute Gasteiger partial charge is 0.477 e. The molecular weight excluding hydrogens is 204 g/mol. The number of pyridine rings is 1. The fourth-order valence-electron chi connectivity index (χ4n) is 1.86. The van der Waals surface area contributed by atoms with Crippen molar-refractivity contribution in [1.82, 2.24) is 9.97 Å². The summed E-state index contributed by atoms with van der Waals surface area (Å²) in [4.78, 5) is 17.9. The number of H-pyrrole nitrogens is 1. The first-order valence-electron chi connectivity index (χ1n) is 4.85. The highest BCUT2D eigenvalue weighted by atomic mass is 16.4. The molecule has 4 nitrogen and oxygen atoms in total. The number of fused-ring (bicyclic) bond motifs is 3. The number of carboxylic acid groups (broad SMARTS) is 1. The average molecular weight is 212 g/mol. The van der Waals surface area contributed by atoms with Gasteiger partial charge in [0.05, 0.1) is 5.52 Å². The SMILES string of the molecule is O=C(O)c1cc2[nH]c3ccccc3c2cn1. The van der Waals surface area contributed by atoms with Gasteiger partial charge in [0.2, 0.25) is 0 Å². The zero-order chi connectivity index (χ0) is 11.1. The first kappa shape index (κ1) is 8.91. The lowest BCUT2D eigenvalue weighted by molar-refractivity contribution is 0.0690. The van der Waals surface area contributed by atoms with Crippen LogP contribution in [0.4, 0.5) is 0 Å². The molecule has 0 unspecified atom stereocenters. The van der Waals surface area contributed by atoms with Crippen LogP contribution in [0.15, 0.2) is 36.5 Å². The van der Waals surface area contributed by atoms with Crippen LogP contribution in [0.25, 0.3) is 21.8 Å². The number of carboxylic acids is 1. The maximum atomic E-state index is 10.8. The van der Waals surface area contributed by atoms with E-state index in [2.05, 4.69) is 9.97 Å². The van der Waals surface area contributed by atoms with Crippen molar-refractivity contribution in [3.05, 3.63) is 42.2 Å². The van der Waals surface area contributed by atoms with Crippen LogP contribution in [0, 0.1) is 0 Å². The van der Waals surface area contributed by atoms with Gasteiger partial charge in [0, 0.05) is 22.5 Å². The second-order valence-electron chi connectivity index (χ2n) is 3.59. The first-order valence-corrected chi connectivity index (χ1v) is 4.85. The van der Waals surface area contributed by atoms with E-state index in [1.165, 1.54) is 0 Å². The molecule has 3 rings (SSSR count). The van der Waals surface area contributed by atoms with Gasteiger partial charge in [0.15, 0.2) is 0 Å². The molecule has 3 aromatic rings. The predicted molar refractivity (Wildman–Crippen MR) is 60.6 cm³/mol. The quantitative estimate of drug-likeness (QED) is 0.651. The van der Waals surface area contributed by atoms with E-state index in [4.69, 9.17) is 5.11 Å². The molecule has 0 bridgehead atoms. The van der Waals surface area contributed by atoms with Gasteiger partial charge < -0.3 is 10.1 Å². The van der Waals surface area contributed by atoms with Gasteiger partial charge in [-0.1, -0.05) is 18.2 Å². The molecule has 0 aliphatic heterocycles. The summed E-state index contributed by atoms with van der Waals surface area (Å²) in [7, 11) is 0. The van der Waals surface area contributed by atoms with Crippen LogP contribution < -0.4 is 0 Å². The molecule has 0 aliphatic rings. The van der Waals surface area contributed by atoms with Crippen LogP contribution in [0.1, 0.15) is 10.5 Å². The van der Waals surface area contributed by atoms with Gasteiger partial charge in [0.1, 0.15) is 5.69 Å². The van der Waals surface area contributed by atoms with Gasteiger partial charge in [-0.25, -0.2) is 9.78 Å². The number of hydrogen-bond acceptors (Lipinski definition) is 2. The highest BCUT2D eigenvalue weighted by Crippen LogP contribution is 2.24. The molecule has 0 radical (unpaired) electrons. The molecule has 0 fully saturated rings. The van der Waals surface area contributed by atoms with E-state index in [1.54, 1.807) is 12.3 Å². The Kier molecular flexibility index (Phi) is 1.71. The number of benzene rings is 1. The number of para-hydroxylation sites is 1. The van der Waals surface area contributed by atoms with E-state index in [1.807, 2.05) is 24.3 Å². The Morgan fingerprint density at radius 2 is 2.00 bits per heavy atom. The summed E-state index contributed by atoms with van der Waals surface area (Å²) in [6.45, 7) is 0. The van der Waals surface area contributed by atoms with Crippen LogP contribution in [-0.4, -0.2) is 21.0 Å². The van der Waals surface area contributed by atoms with Crippen LogP contribution >= 0.6 is 0 Å². The van der Waals surface area contributed by atoms with Crippen LogP contribution in [0.2, 0.25) is 0 Å². The van der Waals surface area contributed by atoms with Crippen molar-refractivity contribution in [3.8, 4) is 0 Å². The van der Waals surface area contributed by atoms with Gasteiger partial charge in [-0.2, -0.15) is 0 Å². The number of nitrogens with one attached hydrogen (secondary N) is 1. The molecule has 0 atom stereocenters. The molecule has 0 spiro atoms. The minimum Gasteiger partial charge on any atom is -0.477 e. The summed E-state index contributed by atoms with van der Waals surface area (Å²) in [6.07, 6.45) is 1.59. The smallest absolute Gasteiger partial charge is 0.354 e. The maximum absolute atomic E-state index is 10.8. The van der Waals surface area contributed by atoms with Crippen molar-refractivity contribution in [3.63, 3.8) is 0 Å². The van der Waals surface area contributed by atoms with Crippen molar-refractivity contribution >= 4 is 27.8 Å². The summed E-state index contributed by atoms with van der Waals surface area (Å²) in [5.41, 5.74) is 1.84. The monoisotopic (exact) mass is 212 g/mol. The van der Waals surface area contributed by atoms with Crippen LogP contribution in [0.3, 0.4) is 0 Å². The third-order valence-corrected chi connectivity index (χ3v) is 2.61. The van der Waals surface area contributed by atoms with Crippen molar-refractivity contribution in [1.29, 1.82) is 0 Å². The van der Waals surface area contributed by atoms with Crippen molar-refractivity contribution in [2.45, 2.75) is 0 Å². The van der Waals surface area contributed by atoms with E-state index in [0.717, 1.165) is 21.8 Å². The molecule has 2 heterocycles. The van der Waals surface area contributed by atoms with E-state index in [-0.39, 0.29) is 5.69 Å². The molecule has 2 N–H and O–H groups in total. The molecule has 78 valence electrons. The minimum atomic E-state index is -1.01. The summed E-state index contributed by atoms with van der Waals surface area (Å²) >= 11 is 0. The van der Waals surface area contributed by atoms with Gasteiger partial charge in [-0.15, -0.1) is 0 Å². The number of aromatic amines is 1. The van der Waals surface area contributed by atoms with E-state index >= 15 is 0 Å². The molecule has 0 amide bonds. The van der Waals surface area contributed by atoms with Crippen molar-refractivity contribution in [2.75, 3.05) is 0 Å². The first-order chi connectivity index (χ1) is 7.75. The summed E-state index contributed by atoms with van der Waals surface area (Å²) in [5.74, 6) is -1.01. The Labute approximate surface area is 90.5 Å². The van der Waals surface area contributed by atoms with E-state index in [9.17, 15) is 4.79 Å². The lowest BCUT2D eigenvalue weighted by Gasteiger charge is -1.93. The summed E-state index contributed by atoms with van der Waals surface area (Å²) < 4.78 is 0. The van der Waals surface area contributed by atoms with Gasteiger partial charge >= 0.3 is 5.97 Å². The third kappa shape index (κ3) is 1.16. The Hall–Kier alpha value is -2.36. The van der Waals surface area contributed by atoms with Crippen molar-refractivity contribution < 1.29 is 9.90 Å². The molecule has 2 aromatic heterocycles. The van der Waals surface area contributed by atoms with Crippen LogP contribution in [-0.2, 0) is 0 Å². The van der Waals surface area contributed by atoms with Gasteiger partial charge in [-0.3, -0.25) is 0 Å². The molecule has 0 saturated heterocycles. The highest BCUT2D eigenvalue weighted by molar-refractivity contribution is 6.07. The zero-order valence-electron chi connectivity index (χ0n) is 8.27. The lowest BCUT2D eigenvalue weighted by atomic mass is 10.2. The van der Waals surface area contributed by atoms with Crippen molar-refractivity contribution in [2.24, 2.45) is 0 Å². The summed E-state index contributed by atoms with van der Waals surface area (Å²) in [5, 5.41) is 10.8. The molecule has 4 heteroatoms. The summed E-state index contributed by atoms with van der Waals surface area (Å²) in [6, 6.07) is 9.37. The minimum absolute atomic E-state index is 0.0547. The second kappa shape index (κ2) is 3.06. The highest BCUT2D eigenvalue weighted by Gasteiger charge is 2.08. The normalized spacial score (nSPS) is 11.0. The molecule has 1 aromatic carbocycles. The fourth-order valence-corrected chi connectivity index (χ4v) is 1.86. The van der Waals surface area contributed by atoms with Crippen LogP contribution in [0.5, 0.6) is 0 Å². The molecular formula is C12H8N2O2. The average Bonchev–Trinajstić information content (AvgIpc) is 2.66. The third-order valence-electron chi connectivity index (χ3n) is 2.61. The topological polar surface area (TPSA) is 66.0 Å².